The number of benzene rings is 2. The Bertz CT molecular complexity index is 624. The minimum atomic E-state index is -0.235. The molecule has 4 heteroatoms. The summed E-state index contributed by atoms with van der Waals surface area (Å²) in [5.41, 5.74) is 7.74. The standard InChI is InChI=1S/C19H23FN2O/c20-18-6-2-1-5-16(18)14-23-17-9-7-15(8-10-17)19(13-21)22-11-3-4-12-22/h1-2,5-10,19H,3-4,11-14,21H2. The van der Waals surface area contributed by atoms with Crippen molar-refractivity contribution in [2.24, 2.45) is 5.73 Å². The summed E-state index contributed by atoms with van der Waals surface area (Å²) in [7, 11) is 0. The zero-order chi connectivity index (χ0) is 16.1. The second kappa shape index (κ2) is 7.57. The first-order valence-corrected chi connectivity index (χ1v) is 8.18. The molecule has 0 bridgehead atoms. The maximum Gasteiger partial charge on any atom is 0.129 e. The molecule has 0 aliphatic carbocycles. The number of likely N-dealkylation sites (tertiary alicyclic amines) is 1. The van der Waals surface area contributed by atoms with Crippen LogP contribution >= 0.6 is 0 Å². The largest absolute Gasteiger partial charge is 0.489 e. The lowest BCUT2D eigenvalue weighted by Gasteiger charge is -2.26. The van der Waals surface area contributed by atoms with Crippen LogP contribution in [0.5, 0.6) is 5.75 Å². The van der Waals surface area contributed by atoms with Gasteiger partial charge in [-0.3, -0.25) is 4.90 Å². The van der Waals surface area contributed by atoms with Gasteiger partial charge in [-0.1, -0.05) is 30.3 Å². The van der Waals surface area contributed by atoms with Crippen LogP contribution in [0.15, 0.2) is 48.5 Å². The van der Waals surface area contributed by atoms with Crippen LogP contribution in [0.2, 0.25) is 0 Å². The molecule has 122 valence electrons. The quantitative estimate of drug-likeness (QED) is 0.887. The summed E-state index contributed by atoms with van der Waals surface area (Å²) in [4.78, 5) is 2.44. The molecule has 0 aromatic heterocycles. The van der Waals surface area contributed by atoms with Gasteiger partial charge in [-0.25, -0.2) is 4.39 Å². The first-order chi connectivity index (χ1) is 11.3. The summed E-state index contributed by atoms with van der Waals surface area (Å²) in [6, 6.07) is 15.0. The number of ether oxygens (including phenoxy) is 1. The van der Waals surface area contributed by atoms with Gasteiger partial charge < -0.3 is 10.5 Å². The molecule has 1 atom stereocenters. The Kier molecular flexibility index (Phi) is 5.26. The summed E-state index contributed by atoms with van der Waals surface area (Å²) >= 11 is 0. The van der Waals surface area contributed by atoms with E-state index in [4.69, 9.17) is 10.5 Å². The third kappa shape index (κ3) is 3.89. The number of nitrogens with two attached hydrogens (primary N) is 1. The van der Waals surface area contributed by atoms with Crippen molar-refractivity contribution >= 4 is 0 Å². The van der Waals surface area contributed by atoms with Gasteiger partial charge in [0.25, 0.3) is 0 Å². The highest BCUT2D eigenvalue weighted by Gasteiger charge is 2.22. The van der Waals surface area contributed by atoms with Crippen LogP contribution in [-0.4, -0.2) is 24.5 Å². The lowest BCUT2D eigenvalue weighted by Crippen LogP contribution is -2.31. The molecule has 1 heterocycles. The number of halogens is 1. The predicted octanol–water partition coefficient (Wildman–Crippen LogP) is 3.50. The maximum absolute atomic E-state index is 13.6. The Hall–Kier alpha value is -1.91. The lowest BCUT2D eigenvalue weighted by molar-refractivity contribution is 0.251. The lowest BCUT2D eigenvalue weighted by atomic mass is 10.1. The van der Waals surface area contributed by atoms with Crippen molar-refractivity contribution in [3.8, 4) is 5.75 Å². The van der Waals surface area contributed by atoms with E-state index in [1.54, 1.807) is 12.1 Å². The molecule has 2 aromatic rings. The van der Waals surface area contributed by atoms with Crippen molar-refractivity contribution in [3.05, 3.63) is 65.5 Å². The highest BCUT2D eigenvalue weighted by Crippen LogP contribution is 2.26. The zero-order valence-corrected chi connectivity index (χ0v) is 13.2. The highest BCUT2D eigenvalue weighted by atomic mass is 19.1. The fourth-order valence-corrected chi connectivity index (χ4v) is 3.11. The van der Waals surface area contributed by atoms with Gasteiger partial charge in [0.05, 0.1) is 0 Å². The monoisotopic (exact) mass is 314 g/mol. The minimum absolute atomic E-state index is 0.235. The van der Waals surface area contributed by atoms with Crippen LogP contribution in [-0.2, 0) is 6.61 Å². The minimum Gasteiger partial charge on any atom is -0.489 e. The van der Waals surface area contributed by atoms with Crippen molar-refractivity contribution in [2.45, 2.75) is 25.5 Å². The van der Waals surface area contributed by atoms with E-state index in [1.165, 1.54) is 24.5 Å². The van der Waals surface area contributed by atoms with E-state index in [1.807, 2.05) is 18.2 Å². The fraction of sp³-hybridized carbons (Fsp3) is 0.368. The Balaban J connectivity index is 1.63. The third-order valence-corrected chi connectivity index (χ3v) is 4.42. The Morgan fingerprint density at radius 1 is 1.04 bits per heavy atom. The molecule has 1 aliphatic heterocycles. The van der Waals surface area contributed by atoms with Crippen molar-refractivity contribution in [1.29, 1.82) is 0 Å². The Labute approximate surface area is 136 Å². The summed E-state index contributed by atoms with van der Waals surface area (Å²) in [5, 5.41) is 0. The van der Waals surface area contributed by atoms with Crippen LogP contribution in [0, 0.1) is 5.82 Å². The van der Waals surface area contributed by atoms with Gasteiger partial charge in [-0.05, 0) is 49.7 Å². The van der Waals surface area contributed by atoms with E-state index in [0.717, 1.165) is 18.8 Å². The maximum atomic E-state index is 13.6. The second-order valence-corrected chi connectivity index (χ2v) is 5.94. The smallest absolute Gasteiger partial charge is 0.129 e. The SMILES string of the molecule is NCC(c1ccc(OCc2ccccc2F)cc1)N1CCCC1. The van der Waals surface area contributed by atoms with Crippen molar-refractivity contribution < 1.29 is 9.13 Å². The Morgan fingerprint density at radius 2 is 1.74 bits per heavy atom. The van der Waals surface area contributed by atoms with Gasteiger partial charge in [0.2, 0.25) is 0 Å². The van der Waals surface area contributed by atoms with Crippen molar-refractivity contribution in [1.82, 2.24) is 4.90 Å². The van der Waals surface area contributed by atoms with Crippen LogP contribution in [0.25, 0.3) is 0 Å². The van der Waals surface area contributed by atoms with E-state index >= 15 is 0 Å². The van der Waals surface area contributed by atoms with Gasteiger partial charge in [-0.2, -0.15) is 0 Å². The summed E-state index contributed by atoms with van der Waals surface area (Å²) in [6.45, 7) is 3.09. The van der Waals surface area contributed by atoms with Crippen LogP contribution in [0.1, 0.15) is 30.0 Å². The topological polar surface area (TPSA) is 38.5 Å². The van der Waals surface area contributed by atoms with E-state index in [-0.39, 0.29) is 18.5 Å². The molecule has 23 heavy (non-hydrogen) atoms. The van der Waals surface area contributed by atoms with Crippen LogP contribution in [0.3, 0.4) is 0 Å². The van der Waals surface area contributed by atoms with Gasteiger partial charge in [-0.15, -0.1) is 0 Å². The molecule has 0 saturated carbocycles. The van der Waals surface area contributed by atoms with Gasteiger partial charge in [0.1, 0.15) is 18.2 Å². The first-order valence-electron chi connectivity index (χ1n) is 8.18. The van der Waals surface area contributed by atoms with E-state index in [2.05, 4.69) is 17.0 Å². The molecule has 0 radical (unpaired) electrons. The van der Waals surface area contributed by atoms with Crippen LogP contribution in [0.4, 0.5) is 4.39 Å². The van der Waals surface area contributed by atoms with E-state index < -0.39 is 0 Å². The molecule has 1 fully saturated rings. The number of nitrogens with zero attached hydrogens (tertiary/aromatic N) is 1. The zero-order valence-electron chi connectivity index (χ0n) is 13.2. The molecule has 2 aromatic carbocycles. The van der Waals surface area contributed by atoms with Gasteiger partial charge >= 0.3 is 0 Å². The molecule has 1 unspecified atom stereocenters. The van der Waals surface area contributed by atoms with Crippen molar-refractivity contribution in [2.75, 3.05) is 19.6 Å². The number of hydrogen-bond donors (Lipinski definition) is 1. The molecule has 0 spiro atoms. The average molecular weight is 314 g/mol. The average Bonchev–Trinajstić information content (AvgIpc) is 3.10. The summed E-state index contributed by atoms with van der Waals surface area (Å²) in [5.74, 6) is 0.510. The summed E-state index contributed by atoms with van der Waals surface area (Å²) in [6.07, 6.45) is 2.50. The predicted molar refractivity (Wildman–Crippen MR) is 89.8 cm³/mol. The Morgan fingerprint density at radius 3 is 2.39 bits per heavy atom. The molecule has 0 amide bonds. The van der Waals surface area contributed by atoms with E-state index in [9.17, 15) is 4.39 Å². The summed E-state index contributed by atoms with van der Waals surface area (Å²) < 4.78 is 19.3. The number of hydrogen-bond acceptors (Lipinski definition) is 3. The molecule has 2 N–H and O–H groups in total. The van der Waals surface area contributed by atoms with E-state index in [0.29, 0.717) is 12.1 Å². The molecule has 3 rings (SSSR count). The van der Waals surface area contributed by atoms with Crippen molar-refractivity contribution in [3.63, 3.8) is 0 Å². The fourth-order valence-electron chi connectivity index (χ4n) is 3.11. The second-order valence-electron chi connectivity index (χ2n) is 5.94. The third-order valence-electron chi connectivity index (χ3n) is 4.42. The first kappa shape index (κ1) is 16.0. The van der Waals surface area contributed by atoms with Gasteiger partial charge in [0, 0.05) is 18.2 Å². The molecule has 3 nitrogen and oxygen atoms in total. The molecular weight excluding hydrogens is 291 g/mol. The van der Waals surface area contributed by atoms with Crippen LogP contribution < -0.4 is 10.5 Å². The molecule has 1 aliphatic rings. The number of rotatable bonds is 6. The molecular formula is C19H23FN2O. The molecule has 1 saturated heterocycles. The van der Waals surface area contributed by atoms with Gasteiger partial charge in [0.15, 0.2) is 0 Å². The highest BCUT2D eigenvalue weighted by molar-refractivity contribution is 5.30. The normalized spacial score (nSPS) is 16.4.